The average molecular weight is 451 g/mol. The highest BCUT2D eigenvalue weighted by Crippen LogP contribution is 2.30. The van der Waals surface area contributed by atoms with E-state index in [-0.39, 0.29) is 11.0 Å². The number of nitrogens with one attached hydrogen (secondary N) is 3. The van der Waals surface area contributed by atoms with Gasteiger partial charge in [0.1, 0.15) is 10.6 Å². The molecule has 0 unspecified atom stereocenters. The number of methoxy groups -OCH3 is 1. The highest BCUT2D eigenvalue weighted by molar-refractivity contribution is 7.17. The maximum absolute atomic E-state index is 12.7. The number of halogens is 2. The SMILES string of the molecule is COc1ccc(Cl)cc1NC(=O)c1sc(NC(=O)Nc2ccc(Cl)cc2)nc1C. The second kappa shape index (κ2) is 9.13. The summed E-state index contributed by atoms with van der Waals surface area (Å²) in [6.07, 6.45) is 0. The van der Waals surface area contributed by atoms with Crippen molar-refractivity contribution in [3.8, 4) is 5.75 Å². The number of carbonyl (C=O) groups is 2. The van der Waals surface area contributed by atoms with Crippen molar-refractivity contribution in [1.82, 2.24) is 4.98 Å². The van der Waals surface area contributed by atoms with Crippen molar-refractivity contribution in [2.24, 2.45) is 0 Å². The minimum Gasteiger partial charge on any atom is -0.495 e. The van der Waals surface area contributed by atoms with E-state index in [0.717, 1.165) is 11.3 Å². The van der Waals surface area contributed by atoms with Crippen LogP contribution in [0.1, 0.15) is 15.4 Å². The molecule has 0 spiro atoms. The minimum absolute atomic E-state index is 0.289. The highest BCUT2D eigenvalue weighted by Gasteiger charge is 2.18. The monoisotopic (exact) mass is 450 g/mol. The first-order chi connectivity index (χ1) is 13.9. The van der Waals surface area contributed by atoms with Crippen LogP contribution in [0, 0.1) is 6.92 Å². The van der Waals surface area contributed by atoms with E-state index in [0.29, 0.717) is 37.7 Å². The smallest absolute Gasteiger partial charge is 0.325 e. The van der Waals surface area contributed by atoms with E-state index in [4.69, 9.17) is 27.9 Å². The number of urea groups is 1. The zero-order valence-electron chi connectivity index (χ0n) is 15.4. The minimum atomic E-state index is -0.482. The second-order valence-corrected chi connectivity index (χ2v) is 7.69. The van der Waals surface area contributed by atoms with Gasteiger partial charge in [-0.1, -0.05) is 34.5 Å². The van der Waals surface area contributed by atoms with Gasteiger partial charge in [0.25, 0.3) is 5.91 Å². The number of nitrogens with zero attached hydrogens (tertiary/aromatic N) is 1. The third-order valence-electron chi connectivity index (χ3n) is 3.74. The predicted octanol–water partition coefficient (Wildman–Crippen LogP) is 5.66. The van der Waals surface area contributed by atoms with Gasteiger partial charge in [-0.05, 0) is 49.4 Å². The Morgan fingerprint density at radius 3 is 2.38 bits per heavy atom. The van der Waals surface area contributed by atoms with Crippen LogP contribution in [-0.4, -0.2) is 24.0 Å². The van der Waals surface area contributed by atoms with Crippen LogP contribution in [0.3, 0.4) is 0 Å². The summed E-state index contributed by atoms with van der Waals surface area (Å²) in [6, 6.07) is 11.1. The number of aromatic nitrogens is 1. The molecule has 0 saturated heterocycles. The van der Waals surface area contributed by atoms with E-state index < -0.39 is 6.03 Å². The lowest BCUT2D eigenvalue weighted by Crippen LogP contribution is -2.19. The Balaban J connectivity index is 1.69. The van der Waals surface area contributed by atoms with Gasteiger partial charge in [-0.2, -0.15) is 0 Å². The van der Waals surface area contributed by atoms with Crippen molar-refractivity contribution >= 4 is 63.0 Å². The molecule has 3 amide bonds. The number of ether oxygens (including phenoxy) is 1. The van der Waals surface area contributed by atoms with Crippen LogP contribution < -0.4 is 20.7 Å². The normalized spacial score (nSPS) is 10.3. The number of thiazole rings is 1. The molecule has 0 aliphatic rings. The number of hydrogen-bond acceptors (Lipinski definition) is 5. The Morgan fingerprint density at radius 2 is 1.69 bits per heavy atom. The molecule has 3 N–H and O–H groups in total. The van der Waals surface area contributed by atoms with Crippen molar-refractivity contribution in [3.05, 3.63) is 63.1 Å². The molecule has 0 aliphatic carbocycles. The number of anilines is 3. The molecule has 0 bridgehead atoms. The second-order valence-electron chi connectivity index (χ2n) is 5.82. The van der Waals surface area contributed by atoms with E-state index >= 15 is 0 Å². The van der Waals surface area contributed by atoms with Crippen LogP contribution in [0.2, 0.25) is 10.0 Å². The Morgan fingerprint density at radius 1 is 1.00 bits per heavy atom. The van der Waals surface area contributed by atoms with Crippen LogP contribution >= 0.6 is 34.5 Å². The molecule has 0 radical (unpaired) electrons. The van der Waals surface area contributed by atoms with Gasteiger partial charge in [0.2, 0.25) is 0 Å². The molecular weight excluding hydrogens is 435 g/mol. The Bertz CT molecular complexity index is 1050. The number of amides is 3. The fourth-order valence-corrected chi connectivity index (χ4v) is 3.57. The molecule has 0 atom stereocenters. The fraction of sp³-hybridized carbons (Fsp3) is 0.105. The molecule has 2 aromatic carbocycles. The van der Waals surface area contributed by atoms with E-state index in [9.17, 15) is 9.59 Å². The molecule has 7 nitrogen and oxygen atoms in total. The summed E-state index contributed by atoms with van der Waals surface area (Å²) in [4.78, 5) is 29.4. The Labute approximate surface area is 181 Å². The molecule has 3 rings (SSSR count). The summed E-state index contributed by atoms with van der Waals surface area (Å²) in [7, 11) is 1.50. The van der Waals surface area contributed by atoms with Crippen LogP contribution in [0.25, 0.3) is 0 Å². The summed E-state index contributed by atoms with van der Waals surface area (Å²) in [5.41, 5.74) is 1.49. The van der Waals surface area contributed by atoms with Gasteiger partial charge < -0.3 is 15.4 Å². The van der Waals surface area contributed by atoms with Gasteiger partial charge in [0, 0.05) is 15.7 Å². The first-order valence-electron chi connectivity index (χ1n) is 8.31. The number of benzene rings is 2. The molecule has 150 valence electrons. The van der Waals surface area contributed by atoms with Crippen LogP contribution in [-0.2, 0) is 0 Å². The first kappa shape index (κ1) is 20.9. The third kappa shape index (κ3) is 5.38. The van der Waals surface area contributed by atoms with Crippen molar-refractivity contribution in [3.63, 3.8) is 0 Å². The molecule has 10 heteroatoms. The largest absolute Gasteiger partial charge is 0.495 e. The molecule has 3 aromatic rings. The van der Waals surface area contributed by atoms with Gasteiger partial charge in [-0.25, -0.2) is 9.78 Å². The summed E-state index contributed by atoms with van der Waals surface area (Å²) >= 11 is 12.9. The lowest BCUT2D eigenvalue weighted by atomic mass is 10.2. The maximum atomic E-state index is 12.7. The fourth-order valence-electron chi connectivity index (χ4n) is 2.41. The van der Waals surface area contributed by atoms with E-state index in [1.807, 2.05) is 0 Å². The average Bonchev–Trinajstić information content (AvgIpc) is 3.04. The molecule has 0 saturated carbocycles. The van der Waals surface area contributed by atoms with Gasteiger partial charge in [-0.3, -0.25) is 10.1 Å². The van der Waals surface area contributed by atoms with Crippen molar-refractivity contribution < 1.29 is 14.3 Å². The van der Waals surface area contributed by atoms with Gasteiger partial charge in [0.15, 0.2) is 5.13 Å². The van der Waals surface area contributed by atoms with Crippen LogP contribution in [0.5, 0.6) is 5.75 Å². The standard InChI is InChI=1S/C19H16Cl2N4O3S/c1-10-16(17(26)24-14-9-12(21)5-8-15(14)28-2)29-19(22-10)25-18(27)23-13-6-3-11(20)4-7-13/h3-9H,1-2H3,(H,24,26)(H2,22,23,25,27). The Kier molecular flexibility index (Phi) is 6.58. The van der Waals surface area contributed by atoms with Crippen molar-refractivity contribution in [1.29, 1.82) is 0 Å². The van der Waals surface area contributed by atoms with Crippen molar-refractivity contribution in [2.45, 2.75) is 6.92 Å². The molecule has 1 heterocycles. The zero-order valence-corrected chi connectivity index (χ0v) is 17.7. The molecular formula is C19H16Cl2N4O3S. The molecule has 0 aliphatic heterocycles. The number of aryl methyl sites for hydroxylation is 1. The molecule has 29 heavy (non-hydrogen) atoms. The quantitative estimate of drug-likeness (QED) is 0.467. The number of rotatable bonds is 5. The van der Waals surface area contributed by atoms with Crippen molar-refractivity contribution in [2.75, 3.05) is 23.1 Å². The van der Waals surface area contributed by atoms with Gasteiger partial charge in [-0.15, -0.1) is 0 Å². The number of hydrogen-bond donors (Lipinski definition) is 3. The third-order valence-corrected chi connectivity index (χ3v) is 5.29. The first-order valence-corrected chi connectivity index (χ1v) is 9.89. The van der Waals surface area contributed by atoms with E-state index in [2.05, 4.69) is 20.9 Å². The van der Waals surface area contributed by atoms with Gasteiger partial charge in [0.05, 0.1) is 18.5 Å². The van der Waals surface area contributed by atoms with Crippen LogP contribution in [0.4, 0.5) is 21.3 Å². The summed E-state index contributed by atoms with van der Waals surface area (Å²) < 4.78 is 5.23. The maximum Gasteiger partial charge on any atom is 0.325 e. The summed E-state index contributed by atoms with van der Waals surface area (Å²) in [5, 5.41) is 9.35. The molecule has 0 fully saturated rings. The Hall–Kier alpha value is -2.81. The summed E-state index contributed by atoms with van der Waals surface area (Å²) in [6.45, 7) is 1.68. The topological polar surface area (TPSA) is 92.4 Å². The van der Waals surface area contributed by atoms with E-state index in [1.165, 1.54) is 7.11 Å². The molecule has 1 aromatic heterocycles. The number of carbonyl (C=O) groups excluding carboxylic acids is 2. The summed E-state index contributed by atoms with van der Waals surface area (Å²) in [5.74, 6) is 0.0948. The zero-order chi connectivity index (χ0) is 21.0. The lowest BCUT2D eigenvalue weighted by molar-refractivity contribution is 0.102. The van der Waals surface area contributed by atoms with Crippen LogP contribution in [0.15, 0.2) is 42.5 Å². The van der Waals surface area contributed by atoms with E-state index in [1.54, 1.807) is 49.4 Å². The van der Waals surface area contributed by atoms with Gasteiger partial charge >= 0.3 is 6.03 Å². The predicted molar refractivity (Wildman–Crippen MR) is 117 cm³/mol. The lowest BCUT2D eigenvalue weighted by Gasteiger charge is -2.09. The highest BCUT2D eigenvalue weighted by atomic mass is 35.5.